The molecule has 1 heterocycles. The Hall–Kier alpha value is -1.27. The van der Waals surface area contributed by atoms with Gasteiger partial charge in [-0.05, 0) is 12.5 Å². The molecule has 1 aromatic rings. The van der Waals surface area contributed by atoms with E-state index in [2.05, 4.69) is 4.99 Å². The second-order valence-corrected chi connectivity index (χ2v) is 5.16. The van der Waals surface area contributed by atoms with Gasteiger partial charge in [-0.15, -0.1) is 0 Å². The average Bonchev–Trinajstić information content (AvgIpc) is 2.47. The highest BCUT2D eigenvalue weighted by Crippen LogP contribution is 2.18. The lowest BCUT2D eigenvalue weighted by molar-refractivity contribution is -0.184. The third-order valence-corrected chi connectivity index (χ3v) is 3.48. The molecule has 2 rings (SSSR count). The first-order valence-corrected chi connectivity index (χ1v) is 6.77. The fourth-order valence-electron chi connectivity index (χ4n) is 2.21. The second-order valence-electron chi connectivity index (χ2n) is 5.16. The van der Waals surface area contributed by atoms with Crippen molar-refractivity contribution in [3.05, 3.63) is 35.9 Å². The number of rotatable bonds is 4. The van der Waals surface area contributed by atoms with Crippen molar-refractivity contribution in [1.82, 2.24) is 0 Å². The van der Waals surface area contributed by atoms with Gasteiger partial charge >= 0.3 is 0 Å². The van der Waals surface area contributed by atoms with E-state index in [1.165, 1.54) is 0 Å². The quantitative estimate of drug-likeness (QED) is 0.702. The van der Waals surface area contributed by atoms with Crippen molar-refractivity contribution in [2.45, 2.75) is 44.3 Å². The maximum absolute atomic E-state index is 9.85. The molecule has 1 fully saturated rings. The lowest BCUT2D eigenvalue weighted by Crippen LogP contribution is -2.53. The van der Waals surface area contributed by atoms with Crippen LogP contribution in [-0.2, 0) is 11.3 Å². The first-order valence-electron chi connectivity index (χ1n) is 6.77. The SMILES string of the molecule is C/C(C[C@@H]1OC[C@@H](O)[C@H](O)[C@H]1O)=N\Cc1ccccc1. The van der Waals surface area contributed by atoms with Crippen molar-refractivity contribution in [3.8, 4) is 0 Å². The van der Waals surface area contributed by atoms with Gasteiger partial charge in [0.05, 0.1) is 19.3 Å². The fourth-order valence-corrected chi connectivity index (χ4v) is 2.21. The molecule has 0 unspecified atom stereocenters. The fraction of sp³-hybridized carbons (Fsp3) is 0.533. The van der Waals surface area contributed by atoms with E-state index in [0.717, 1.165) is 11.3 Å². The van der Waals surface area contributed by atoms with Crippen molar-refractivity contribution in [3.63, 3.8) is 0 Å². The molecule has 1 saturated heterocycles. The Labute approximate surface area is 118 Å². The summed E-state index contributed by atoms with van der Waals surface area (Å²) < 4.78 is 5.35. The molecule has 0 spiro atoms. The Morgan fingerprint density at radius 1 is 1.20 bits per heavy atom. The molecule has 20 heavy (non-hydrogen) atoms. The van der Waals surface area contributed by atoms with E-state index in [-0.39, 0.29) is 6.61 Å². The van der Waals surface area contributed by atoms with Gasteiger partial charge in [-0.25, -0.2) is 0 Å². The molecule has 1 aromatic carbocycles. The molecule has 0 amide bonds. The topological polar surface area (TPSA) is 82.3 Å². The van der Waals surface area contributed by atoms with Crippen molar-refractivity contribution >= 4 is 5.71 Å². The van der Waals surface area contributed by atoms with Crippen LogP contribution in [0.1, 0.15) is 18.9 Å². The summed E-state index contributed by atoms with van der Waals surface area (Å²) in [6.07, 6.45) is -3.34. The van der Waals surface area contributed by atoms with Gasteiger partial charge in [-0.1, -0.05) is 30.3 Å². The Morgan fingerprint density at radius 2 is 1.90 bits per heavy atom. The Morgan fingerprint density at radius 3 is 2.60 bits per heavy atom. The highest BCUT2D eigenvalue weighted by molar-refractivity contribution is 5.82. The number of aliphatic hydroxyl groups is 3. The number of hydrogen-bond acceptors (Lipinski definition) is 5. The third-order valence-electron chi connectivity index (χ3n) is 3.48. The molecule has 0 aromatic heterocycles. The summed E-state index contributed by atoms with van der Waals surface area (Å²) in [6, 6.07) is 9.89. The molecule has 0 bridgehead atoms. The van der Waals surface area contributed by atoms with E-state index in [0.29, 0.717) is 13.0 Å². The van der Waals surface area contributed by atoms with Crippen LogP contribution in [0.4, 0.5) is 0 Å². The molecule has 1 aliphatic rings. The van der Waals surface area contributed by atoms with E-state index in [1.807, 2.05) is 37.3 Å². The minimum Gasteiger partial charge on any atom is -0.388 e. The van der Waals surface area contributed by atoms with Gasteiger partial charge in [0.25, 0.3) is 0 Å². The monoisotopic (exact) mass is 279 g/mol. The standard InChI is InChI=1S/C15H21NO4/c1-10(16-8-11-5-3-2-4-6-11)7-13-15(19)14(18)12(17)9-20-13/h2-6,12-15,17-19H,7-9H2,1H3/b16-10+/t12-,13+,14+,15+/m1/s1. The lowest BCUT2D eigenvalue weighted by atomic mass is 9.96. The third kappa shape index (κ3) is 3.86. The van der Waals surface area contributed by atoms with Gasteiger partial charge in [0.1, 0.15) is 18.3 Å². The predicted octanol–water partition coefficient (Wildman–Crippen LogP) is 0.519. The summed E-state index contributed by atoms with van der Waals surface area (Å²) in [4.78, 5) is 4.45. The van der Waals surface area contributed by atoms with Crippen LogP contribution in [0, 0.1) is 0 Å². The molecule has 1 aliphatic heterocycles. The molecule has 110 valence electrons. The largest absolute Gasteiger partial charge is 0.388 e. The number of benzene rings is 1. The summed E-state index contributed by atoms with van der Waals surface area (Å²) in [5.41, 5.74) is 1.97. The van der Waals surface area contributed by atoms with Gasteiger partial charge in [-0.2, -0.15) is 0 Å². The van der Waals surface area contributed by atoms with Gasteiger partial charge < -0.3 is 20.1 Å². The minimum atomic E-state index is -1.16. The Balaban J connectivity index is 1.89. The highest BCUT2D eigenvalue weighted by Gasteiger charge is 2.37. The van der Waals surface area contributed by atoms with Crippen LogP contribution in [0.25, 0.3) is 0 Å². The van der Waals surface area contributed by atoms with Crippen molar-refractivity contribution < 1.29 is 20.1 Å². The van der Waals surface area contributed by atoms with Gasteiger partial charge in [0, 0.05) is 12.1 Å². The van der Waals surface area contributed by atoms with Gasteiger partial charge in [0.15, 0.2) is 0 Å². The number of ether oxygens (including phenoxy) is 1. The summed E-state index contributed by atoms with van der Waals surface area (Å²) in [5.74, 6) is 0. The Bertz CT molecular complexity index is 448. The highest BCUT2D eigenvalue weighted by atomic mass is 16.5. The molecule has 4 atom stereocenters. The van der Waals surface area contributed by atoms with Crippen LogP contribution in [0.5, 0.6) is 0 Å². The number of nitrogens with zero attached hydrogens (tertiary/aromatic N) is 1. The maximum atomic E-state index is 9.85. The van der Waals surface area contributed by atoms with Crippen molar-refractivity contribution in [2.24, 2.45) is 4.99 Å². The van der Waals surface area contributed by atoms with Crippen LogP contribution in [0.3, 0.4) is 0 Å². The number of aliphatic hydroxyl groups excluding tert-OH is 3. The molecule has 5 nitrogen and oxygen atoms in total. The molecular formula is C15H21NO4. The molecule has 5 heteroatoms. The van der Waals surface area contributed by atoms with E-state index in [4.69, 9.17) is 4.74 Å². The van der Waals surface area contributed by atoms with Crippen LogP contribution < -0.4 is 0 Å². The molecular weight excluding hydrogens is 258 g/mol. The lowest BCUT2D eigenvalue weighted by Gasteiger charge is -2.35. The predicted molar refractivity (Wildman–Crippen MR) is 75.6 cm³/mol. The molecule has 0 saturated carbocycles. The van der Waals surface area contributed by atoms with Crippen molar-refractivity contribution in [2.75, 3.05) is 6.61 Å². The van der Waals surface area contributed by atoms with Gasteiger partial charge in [0.2, 0.25) is 0 Å². The van der Waals surface area contributed by atoms with E-state index >= 15 is 0 Å². The zero-order chi connectivity index (χ0) is 14.5. The van der Waals surface area contributed by atoms with Gasteiger partial charge in [-0.3, -0.25) is 4.99 Å². The normalized spacial score (nSPS) is 31.3. The van der Waals surface area contributed by atoms with Crippen LogP contribution in [0.2, 0.25) is 0 Å². The van der Waals surface area contributed by atoms with Crippen LogP contribution in [-0.4, -0.2) is 52.1 Å². The Kier molecular flexibility index (Phi) is 5.25. The van der Waals surface area contributed by atoms with Crippen LogP contribution >= 0.6 is 0 Å². The minimum absolute atomic E-state index is 0.0366. The summed E-state index contributed by atoms with van der Waals surface area (Å²) >= 11 is 0. The molecule has 0 aliphatic carbocycles. The second kappa shape index (κ2) is 6.95. The maximum Gasteiger partial charge on any atom is 0.111 e. The summed E-state index contributed by atoms with van der Waals surface area (Å²) in [6.45, 7) is 2.49. The smallest absolute Gasteiger partial charge is 0.111 e. The molecule has 0 radical (unpaired) electrons. The first kappa shape index (κ1) is 15.1. The van der Waals surface area contributed by atoms with E-state index < -0.39 is 24.4 Å². The average molecular weight is 279 g/mol. The van der Waals surface area contributed by atoms with E-state index in [1.54, 1.807) is 0 Å². The zero-order valence-corrected chi connectivity index (χ0v) is 11.5. The van der Waals surface area contributed by atoms with E-state index in [9.17, 15) is 15.3 Å². The molecule has 3 N–H and O–H groups in total. The summed E-state index contributed by atoms with van der Waals surface area (Å²) in [5, 5.41) is 28.9. The summed E-state index contributed by atoms with van der Waals surface area (Å²) in [7, 11) is 0. The number of hydrogen-bond donors (Lipinski definition) is 3. The number of aliphatic imine (C=N–C) groups is 1. The van der Waals surface area contributed by atoms with Crippen LogP contribution in [0.15, 0.2) is 35.3 Å². The van der Waals surface area contributed by atoms with Crippen molar-refractivity contribution in [1.29, 1.82) is 0 Å². The first-order chi connectivity index (χ1) is 9.58. The zero-order valence-electron chi connectivity index (χ0n) is 11.5.